The van der Waals surface area contributed by atoms with Gasteiger partial charge in [0, 0.05) is 16.6 Å². The molecule has 0 saturated heterocycles. The van der Waals surface area contributed by atoms with Crippen LogP contribution in [0.1, 0.15) is 0 Å². The molecule has 0 atom stereocenters. The van der Waals surface area contributed by atoms with E-state index >= 15 is 0 Å². The van der Waals surface area contributed by atoms with Crippen LogP contribution in [0, 0.1) is 0 Å². The number of amides is 1. The lowest BCUT2D eigenvalue weighted by Gasteiger charge is -2.09. The van der Waals surface area contributed by atoms with Gasteiger partial charge in [0.25, 0.3) is 0 Å². The monoisotopic (exact) mass is 347 g/mol. The van der Waals surface area contributed by atoms with Crippen LogP contribution in [0.2, 0.25) is 0 Å². The van der Waals surface area contributed by atoms with Crippen molar-refractivity contribution in [2.45, 2.75) is 4.90 Å². The van der Waals surface area contributed by atoms with E-state index in [1.54, 1.807) is 32.4 Å². The van der Waals surface area contributed by atoms with Gasteiger partial charge in [-0.15, -0.1) is 11.8 Å². The van der Waals surface area contributed by atoms with Crippen molar-refractivity contribution in [2.75, 3.05) is 32.1 Å². The van der Waals surface area contributed by atoms with Crippen molar-refractivity contribution in [2.24, 2.45) is 0 Å². The smallest absolute Gasteiger partial charge is 0.234 e. The summed E-state index contributed by atoms with van der Waals surface area (Å²) in [7, 11) is 3.17. The number of ether oxygens (including phenoxy) is 4. The largest absolute Gasteiger partial charge is 0.493 e. The van der Waals surface area contributed by atoms with Crippen LogP contribution in [-0.4, -0.2) is 32.7 Å². The van der Waals surface area contributed by atoms with Crippen LogP contribution in [-0.2, 0) is 4.79 Å². The van der Waals surface area contributed by atoms with Gasteiger partial charge in [-0.05, 0) is 30.3 Å². The molecule has 0 saturated carbocycles. The van der Waals surface area contributed by atoms with Gasteiger partial charge < -0.3 is 24.3 Å². The van der Waals surface area contributed by atoms with Crippen LogP contribution < -0.4 is 24.3 Å². The molecule has 1 amide bonds. The topological polar surface area (TPSA) is 66.0 Å². The fourth-order valence-electron chi connectivity index (χ4n) is 2.23. The number of fused-ring (bicyclic) bond motifs is 1. The number of hydrogen-bond donors (Lipinski definition) is 1. The summed E-state index contributed by atoms with van der Waals surface area (Å²) in [6.07, 6.45) is 0. The van der Waals surface area contributed by atoms with Crippen LogP contribution in [0.25, 0.3) is 0 Å². The minimum Gasteiger partial charge on any atom is -0.493 e. The van der Waals surface area contributed by atoms with Crippen LogP contribution in [0.3, 0.4) is 0 Å². The molecule has 1 N–H and O–H groups in total. The van der Waals surface area contributed by atoms with E-state index in [9.17, 15) is 4.79 Å². The molecule has 1 aliphatic heterocycles. The van der Waals surface area contributed by atoms with E-state index in [0.717, 1.165) is 4.90 Å². The summed E-state index contributed by atoms with van der Waals surface area (Å²) in [5, 5.41) is 2.84. The fourth-order valence-corrected chi connectivity index (χ4v) is 2.95. The molecule has 0 unspecified atom stereocenters. The Balaban J connectivity index is 1.57. The summed E-state index contributed by atoms with van der Waals surface area (Å²) in [6, 6.07) is 10.9. The van der Waals surface area contributed by atoms with E-state index in [2.05, 4.69) is 5.32 Å². The third kappa shape index (κ3) is 3.68. The predicted molar refractivity (Wildman–Crippen MR) is 91.5 cm³/mol. The third-order valence-electron chi connectivity index (χ3n) is 3.38. The van der Waals surface area contributed by atoms with Crippen molar-refractivity contribution in [3.63, 3.8) is 0 Å². The molecule has 7 heteroatoms. The Morgan fingerprint density at radius 3 is 2.67 bits per heavy atom. The summed E-state index contributed by atoms with van der Waals surface area (Å²) in [4.78, 5) is 13.0. The van der Waals surface area contributed by atoms with Crippen LogP contribution in [0.5, 0.6) is 23.0 Å². The van der Waals surface area contributed by atoms with Gasteiger partial charge in [0.1, 0.15) is 0 Å². The SMILES string of the molecule is COc1ccc(SCC(=O)Nc2ccc3c(c2)OCO3)cc1OC. The van der Waals surface area contributed by atoms with Crippen molar-refractivity contribution in [1.82, 2.24) is 0 Å². The molecule has 126 valence electrons. The van der Waals surface area contributed by atoms with Gasteiger partial charge in [0.05, 0.1) is 20.0 Å². The predicted octanol–water partition coefficient (Wildman–Crippen LogP) is 3.16. The molecule has 0 bridgehead atoms. The number of hydrogen-bond acceptors (Lipinski definition) is 6. The molecule has 24 heavy (non-hydrogen) atoms. The summed E-state index contributed by atoms with van der Waals surface area (Å²) >= 11 is 1.42. The van der Waals surface area contributed by atoms with Crippen LogP contribution in [0.15, 0.2) is 41.3 Å². The zero-order valence-electron chi connectivity index (χ0n) is 13.3. The quantitative estimate of drug-likeness (QED) is 0.810. The van der Waals surface area contributed by atoms with Gasteiger partial charge in [-0.25, -0.2) is 0 Å². The van der Waals surface area contributed by atoms with Crippen molar-refractivity contribution >= 4 is 23.4 Å². The lowest BCUT2D eigenvalue weighted by atomic mass is 10.3. The van der Waals surface area contributed by atoms with Gasteiger partial charge in [-0.1, -0.05) is 0 Å². The molecule has 0 spiro atoms. The van der Waals surface area contributed by atoms with Gasteiger partial charge in [-0.3, -0.25) is 4.79 Å². The van der Waals surface area contributed by atoms with E-state index in [1.807, 2.05) is 18.2 Å². The Morgan fingerprint density at radius 1 is 1.08 bits per heavy atom. The summed E-state index contributed by atoms with van der Waals surface area (Å²) in [6.45, 7) is 0.210. The average Bonchev–Trinajstić information content (AvgIpc) is 3.07. The molecule has 6 nitrogen and oxygen atoms in total. The second kappa shape index (κ2) is 7.35. The first-order valence-corrected chi connectivity index (χ1v) is 8.22. The molecule has 1 heterocycles. The summed E-state index contributed by atoms with van der Waals surface area (Å²) in [5.74, 6) is 2.80. The number of carbonyl (C=O) groups is 1. The van der Waals surface area contributed by atoms with Crippen molar-refractivity contribution in [1.29, 1.82) is 0 Å². The van der Waals surface area contributed by atoms with E-state index in [-0.39, 0.29) is 18.5 Å². The number of nitrogens with one attached hydrogen (secondary N) is 1. The molecule has 1 aliphatic rings. The first kappa shape index (κ1) is 16.3. The molecule has 3 rings (SSSR count). The number of anilines is 1. The highest BCUT2D eigenvalue weighted by molar-refractivity contribution is 8.00. The van der Waals surface area contributed by atoms with Gasteiger partial charge in [-0.2, -0.15) is 0 Å². The molecule has 2 aromatic carbocycles. The summed E-state index contributed by atoms with van der Waals surface area (Å²) in [5.41, 5.74) is 0.678. The summed E-state index contributed by atoms with van der Waals surface area (Å²) < 4.78 is 21.0. The Hall–Kier alpha value is -2.54. The van der Waals surface area contributed by atoms with Crippen LogP contribution in [0.4, 0.5) is 5.69 Å². The maximum Gasteiger partial charge on any atom is 0.234 e. The van der Waals surface area contributed by atoms with Crippen molar-refractivity contribution in [3.05, 3.63) is 36.4 Å². The Labute approximate surface area is 144 Å². The standard InChI is InChI=1S/C17H17NO5S/c1-20-13-6-4-12(8-15(13)21-2)24-9-17(19)18-11-3-5-14-16(7-11)23-10-22-14/h3-8H,9-10H2,1-2H3,(H,18,19). The van der Waals surface area contributed by atoms with E-state index in [4.69, 9.17) is 18.9 Å². The molecule has 0 radical (unpaired) electrons. The molecule has 2 aromatic rings. The first-order chi connectivity index (χ1) is 11.7. The Kier molecular flexibility index (Phi) is 5.00. The average molecular weight is 347 g/mol. The zero-order valence-corrected chi connectivity index (χ0v) is 14.1. The highest BCUT2D eigenvalue weighted by Crippen LogP contribution is 2.34. The van der Waals surface area contributed by atoms with Crippen LogP contribution >= 0.6 is 11.8 Å². The van der Waals surface area contributed by atoms with Crippen molar-refractivity contribution < 1.29 is 23.7 Å². The number of benzene rings is 2. The highest BCUT2D eigenvalue weighted by Gasteiger charge is 2.14. The number of thioether (sulfide) groups is 1. The Morgan fingerprint density at radius 2 is 1.88 bits per heavy atom. The van der Waals surface area contributed by atoms with E-state index in [1.165, 1.54) is 11.8 Å². The molecule has 0 aliphatic carbocycles. The number of rotatable bonds is 6. The molecule has 0 fully saturated rings. The fraction of sp³-hybridized carbons (Fsp3) is 0.235. The number of carbonyl (C=O) groups excluding carboxylic acids is 1. The molecule has 0 aromatic heterocycles. The maximum absolute atomic E-state index is 12.1. The molecular weight excluding hydrogens is 330 g/mol. The normalized spacial score (nSPS) is 11.9. The van der Waals surface area contributed by atoms with Crippen molar-refractivity contribution in [3.8, 4) is 23.0 Å². The maximum atomic E-state index is 12.1. The second-order valence-corrected chi connectivity index (χ2v) is 5.97. The van der Waals surface area contributed by atoms with Gasteiger partial charge >= 0.3 is 0 Å². The number of methoxy groups -OCH3 is 2. The highest BCUT2D eigenvalue weighted by atomic mass is 32.2. The lowest BCUT2D eigenvalue weighted by molar-refractivity contribution is -0.113. The second-order valence-electron chi connectivity index (χ2n) is 4.92. The minimum absolute atomic E-state index is 0.103. The Bertz CT molecular complexity index is 750. The lowest BCUT2D eigenvalue weighted by Crippen LogP contribution is -2.13. The van der Waals surface area contributed by atoms with E-state index < -0.39 is 0 Å². The minimum atomic E-state index is -0.103. The van der Waals surface area contributed by atoms with Gasteiger partial charge in [0.2, 0.25) is 12.7 Å². The molecular formula is C17H17NO5S. The first-order valence-electron chi connectivity index (χ1n) is 7.24. The third-order valence-corrected chi connectivity index (χ3v) is 4.38. The van der Waals surface area contributed by atoms with Gasteiger partial charge in [0.15, 0.2) is 23.0 Å². The van der Waals surface area contributed by atoms with E-state index in [0.29, 0.717) is 28.7 Å². The zero-order chi connectivity index (χ0) is 16.9.